The Morgan fingerprint density at radius 2 is 1.82 bits per heavy atom. The number of hydrogen-bond donors (Lipinski definition) is 1. The van der Waals surface area contributed by atoms with Gasteiger partial charge in [0.25, 0.3) is 5.91 Å². The van der Waals surface area contributed by atoms with E-state index in [1.54, 1.807) is 4.90 Å². The molecule has 1 N–H and O–H groups in total. The lowest BCUT2D eigenvalue weighted by Gasteiger charge is -2.28. The van der Waals surface area contributed by atoms with Crippen molar-refractivity contribution in [2.45, 2.75) is 38.1 Å². The average molecular weight is 309 g/mol. The molecule has 1 aliphatic carbocycles. The van der Waals surface area contributed by atoms with E-state index in [4.69, 9.17) is 4.74 Å². The Labute approximate surface area is 129 Å². The minimum absolute atomic E-state index is 0.159. The van der Waals surface area contributed by atoms with Gasteiger partial charge in [-0.05, 0) is 18.8 Å². The number of rotatable bonds is 3. The van der Waals surface area contributed by atoms with Gasteiger partial charge in [-0.2, -0.15) is 0 Å². The van der Waals surface area contributed by atoms with Crippen LogP contribution in [0.2, 0.25) is 0 Å². The molecule has 0 bridgehead atoms. The third-order valence-electron chi connectivity index (χ3n) is 4.83. The van der Waals surface area contributed by atoms with Crippen molar-refractivity contribution in [3.05, 3.63) is 0 Å². The van der Waals surface area contributed by atoms with Crippen LogP contribution in [0.5, 0.6) is 0 Å². The Hall–Kier alpha value is -1.63. The fraction of sp³-hybridized carbons (Fsp3) is 0.800. The maximum atomic E-state index is 12.5. The molecule has 3 fully saturated rings. The van der Waals surface area contributed by atoms with Crippen LogP contribution in [0.4, 0.5) is 4.79 Å². The van der Waals surface area contributed by atoms with Crippen molar-refractivity contribution in [2.75, 3.05) is 32.8 Å². The molecule has 0 aromatic carbocycles. The van der Waals surface area contributed by atoms with Gasteiger partial charge in [0.2, 0.25) is 5.91 Å². The van der Waals surface area contributed by atoms with Gasteiger partial charge in [-0.15, -0.1) is 0 Å². The van der Waals surface area contributed by atoms with E-state index in [2.05, 4.69) is 5.32 Å². The van der Waals surface area contributed by atoms with Crippen molar-refractivity contribution < 1.29 is 19.1 Å². The van der Waals surface area contributed by atoms with Crippen LogP contribution in [0.25, 0.3) is 0 Å². The van der Waals surface area contributed by atoms with Gasteiger partial charge in [0.1, 0.15) is 12.6 Å². The minimum atomic E-state index is -0.440. The molecule has 7 heteroatoms. The first-order valence-electron chi connectivity index (χ1n) is 8.14. The molecule has 2 heterocycles. The van der Waals surface area contributed by atoms with Gasteiger partial charge in [-0.25, -0.2) is 4.79 Å². The molecular formula is C15H23N3O4. The van der Waals surface area contributed by atoms with Gasteiger partial charge < -0.3 is 15.0 Å². The van der Waals surface area contributed by atoms with Crippen LogP contribution in [-0.4, -0.2) is 66.5 Å². The zero-order valence-corrected chi connectivity index (χ0v) is 12.8. The molecular weight excluding hydrogens is 286 g/mol. The number of carbonyl (C=O) groups excluding carboxylic acids is 3. The van der Waals surface area contributed by atoms with Crippen LogP contribution in [0, 0.1) is 5.92 Å². The topological polar surface area (TPSA) is 79.0 Å². The molecule has 122 valence electrons. The fourth-order valence-corrected chi connectivity index (χ4v) is 3.53. The maximum Gasteiger partial charge on any atom is 0.325 e. The van der Waals surface area contributed by atoms with Crippen molar-refractivity contribution >= 4 is 17.8 Å². The standard InChI is InChI=1S/C15H23N3O4/c19-12(17-6-8-22-9-7-17)10-18-14(20)13(16-15(18)21)11-4-2-1-3-5-11/h11,13H,1-10H2,(H,16,21)/t13-/m1/s1. The highest BCUT2D eigenvalue weighted by atomic mass is 16.5. The number of imide groups is 1. The van der Waals surface area contributed by atoms with Crippen molar-refractivity contribution in [1.29, 1.82) is 0 Å². The number of hydrogen-bond acceptors (Lipinski definition) is 4. The molecule has 3 aliphatic rings. The molecule has 0 unspecified atom stereocenters. The van der Waals surface area contributed by atoms with E-state index in [0.29, 0.717) is 26.3 Å². The molecule has 2 saturated heterocycles. The summed E-state index contributed by atoms with van der Waals surface area (Å²) in [4.78, 5) is 39.5. The molecule has 22 heavy (non-hydrogen) atoms. The first-order valence-corrected chi connectivity index (χ1v) is 8.14. The molecule has 1 saturated carbocycles. The second-order valence-electron chi connectivity index (χ2n) is 6.24. The summed E-state index contributed by atoms with van der Waals surface area (Å²) in [6.07, 6.45) is 5.36. The largest absolute Gasteiger partial charge is 0.378 e. The predicted molar refractivity (Wildman–Crippen MR) is 78.0 cm³/mol. The predicted octanol–water partition coefficient (Wildman–Crippen LogP) is 0.346. The number of nitrogens with one attached hydrogen (secondary N) is 1. The summed E-state index contributed by atoms with van der Waals surface area (Å²) in [5.41, 5.74) is 0. The highest BCUT2D eigenvalue weighted by Gasteiger charge is 2.43. The normalized spacial score (nSPS) is 27.2. The van der Waals surface area contributed by atoms with Crippen LogP contribution in [0.3, 0.4) is 0 Å². The number of nitrogens with zero attached hydrogens (tertiary/aromatic N) is 2. The molecule has 1 atom stereocenters. The van der Waals surface area contributed by atoms with E-state index < -0.39 is 12.1 Å². The number of carbonyl (C=O) groups is 3. The third-order valence-corrected chi connectivity index (χ3v) is 4.83. The Bertz CT molecular complexity index is 456. The van der Waals surface area contributed by atoms with E-state index in [-0.39, 0.29) is 24.3 Å². The SMILES string of the molecule is O=C(CN1C(=O)N[C@H](C2CCCCC2)C1=O)N1CCOCC1. The highest BCUT2D eigenvalue weighted by molar-refractivity contribution is 6.06. The van der Waals surface area contributed by atoms with E-state index in [0.717, 1.165) is 30.6 Å². The molecule has 0 spiro atoms. The summed E-state index contributed by atoms with van der Waals surface area (Å²) >= 11 is 0. The Balaban J connectivity index is 1.60. The summed E-state index contributed by atoms with van der Waals surface area (Å²) < 4.78 is 5.20. The zero-order valence-electron chi connectivity index (χ0n) is 12.8. The van der Waals surface area contributed by atoms with Crippen LogP contribution in [0.15, 0.2) is 0 Å². The van der Waals surface area contributed by atoms with Gasteiger partial charge in [0.15, 0.2) is 0 Å². The second kappa shape index (κ2) is 6.64. The number of urea groups is 1. The van der Waals surface area contributed by atoms with Gasteiger partial charge in [-0.1, -0.05) is 19.3 Å². The van der Waals surface area contributed by atoms with Crippen LogP contribution in [0.1, 0.15) is 32.1 Å². The summed E-state index contributed by atoms with van der Waals surface area (Å²) in [5, 5.41) is 2.77. The smallest absolute Gasteiger partial charge is 0.325 e. The summed E-state index contributed by atoms with van der Waals surface area (Å²) in [6.45, 7) is 1.91. The van der Waals surface area contributed by atoms with E-state index in [9.17, 15) is 14.4 Å². The first-order chi connectivity index (χ1) is 10.7. The maximum absolute atomic E-state index is 12.5. The lowest BCUT2D eigenvalue weighted by molar-refractivity contribution is -0.140. The van der Waals surface area contributed by atoms with E-state index in [1.807, 2.05) is 0 Å². The van der Waals surface area contributed by atoms with Crippen molar-refractivity contribution in [1.82, 2.24) is 15.1 Å². The van der Waals surface area contributed by atoms with Gasteiger partial charge in [0, 0.05) is 13.1 Å². The third kappa shape index (κ3) is 3.09. The molecule has 0 aromatic heterocycles. The number of amides is 4. The highest BCUT2D eigenvalue weighted by Crippen LogP contribution is 2.29. The van der Waals surface area contributed by atoms with Crippen LogP contribution < -0.4 is 5.32 Å². The van der Waals surface area contributed by atoms with Crippen LogP contribution >= 0.6 is 0 Å². The molecule has 3 rings (SSSR count). The monoisotopic (exact) mass is 309 g/mol. The van der Waals surface area contributed by atoms with Gasteiger partial charge in [-0.3, -0.25) is 14.5 Å². The fourth-order valence-electron chi connectivity index (χ4n) is 3.53. The lowest BCUT2D eigenvalue weighted by atomic mass is 9.84. The Kier molecular flexibility index (Phi) is 4.61. The molecule has 7 nitrogen and oxygen atoms in total. The summed E-state index contributed by atoms with van der Waals surface area (Å²) in [7, 11) is 0. The molecule has 0 aromatic rings. The van der Waals surface area contributed by atoms with Gasteiger partial charge in [0.05, 0.1) is 13.2 Å². The second-order valence-corrected chi connectivity index (χ2v) is 6.24. The lowest BCUT2D eigenvalue weighted by Crippen LogP contribution is -2.47. The summed E-state index contributed by atoms with van der Waals surface area (Å²) in [6, 6.07) is -0.868. The van der Waals surface area contributed by atoms with E-state index >= 15 is 0 Å². The van der Waals surface area contributed by atoms with E-state index in [1.165, 1.54) is 6.42 Å². The minimum Gasteiger partial charge on any atom is -0.378 e. The number of morpholine rings is 1. The quantitative estimate of drug-likeness (QED) is 0.763. The molecule has 0 radical (unpaired) electrons. The van der Waals surface area contributed by atoms with Crippen molar-refractivity contribution in [3.8, 4) is 0 Å². The number of ether oxygens (including phenoxy) is 1. The van der Waals surface area contributed by atoms with Crippen molar-refractivity contribution in [3.63, 3.8) is 0 Å². The molecule has 4 amide bonds. The Morgan fingerprint density at radius 3 is 2.50 bits per heavy atom. The first kappa shape index (κ1) is 15.3. The van der Waals surface area contributed by atoms with Crippen LogP contribution in [-0.2, 0) is 14.3 Å². The summed E-state index contributed by atoms with van der Waals surface area (Å²) in [5.74, 6) is -0.205. The van der Waals surface area contributed by atoms with Gasteiger partial charge >= 0.3 is 6.03 Å². The average Bonchev–Trinajstić information content (AvgIpc) is 2.84. The van der Waals surface area contributed by atoms with Crippen molar-refractivity contribution in [2.24, 2.45) is 5.92 Å². The Morgan fingerprint density at radius 1 is 1.14 bits per heavy atom. The molecule has 2 aliphatic heterocycles. The zero-order chi connectivity index (χ0) is 15.5.